The number of carbonyl (C=O) groups excluding carboxylic acids is 1. The zero-order valence-electron chi connectivity index (χ0n) is 30.8. The molecule has 15 heteroatoms. The van der Waals surface area contributed by atoms with E-state index in [1.54, 1.807) is 16.1 Å². The first-order valence-corrected chi connectivity index (χ1v) is 22.5. The van der Waals surface area contributed by atoms with Crippen molar-refractivity contribution in [2.45, 2.75) is 25.9 Å². The molecule has 0 spiro atoms. The SMILES string of the molecule is Cc1nc(-c2ccc(N3CC(CN4CCN(S(=O)(=O)CCc5cccc6ccccc56)CC4)OC3=O)cc2)no1.O=S(=O)(Cl)CCc1cccc2ccccc12. The minimum Gasteiger partial charge on any atom is -0.443 e. The van der Waals surface area contributed by atoms with E-state index in [4.69, 9.17) is 19.9 Å². The number of carbonyl (C=O) groups is 1. The van der Waals surface area contributed by atoms with E-state index >= 15 is 0 Å². The van der Waals surface area contributed by atoms with Gasteiger partial charge in [0.1, 0.15) is 6.10 Å². The van der Waals surface area contributed by atoms with Gasteiger partial charge in [0, 0.05) is 61.6 Å². The van der Waals surface area contributed by atoms with Crippen molar-refractivity contribution in [2.75, 3.05) is 55.7 Å². The third kappa shape index (κ3) is 9.74. The van der Waals surface area contributed by atoms with Crippen LogP contribution in [0.5, 0.6) is 0 Å². The van der Waals surface area contributed by atoms with Crippen molar-refractivity contribution < 1.29 is 30.9 Å². The molecule has 2 aliphatic rings. The van der Waals surface area contributed by atoms with Crippen LogP contribution in [0.3, 0.4) is 0 Å². The lowest BCUT2D eigenvalue weighted by Gasteiger charge is -2.34. The molecular weight excluding hydrogens is 774 g/mol. The van der Waals surface area contributed by atoms with Crippen molar-refractivity contribution >= 4 is 63.1 Å². The number of nitrogens with zero attached hydrogens (tertiary/aromatic N) is 5. The number of ether oxygens (including phenoxy) is 1. The number of sulfonamides is 1. The zero-order chi connectivity index (χ0) is 39.3. The van der Waals surface area contributed by atoms with Crippen LogP contribution in [0.15, 0.2) is 114 Å². The van der Waals surface area contributed by atoms with Crippen molar-refractivity contribution in [2.24, 2.45) is 0 Å². The highest BCUT2D eigenvalue weighted by Crippen LogP contribution is 2.26. The lowest BCUT2D eigenvalue weighted by Crippen LogP contribution is -2.51. The number of amides is 1. The van der Waals surface area contributed by atoms with Gasteiger partial charge in [-0.3, -0.25) is 9.80 Å². The molecule has 1 atom stereocenters. The topological polar surface area (TPSA) is 143 Å². The summed E-state index contributed by atoms with van der Waals surface area (Å²) in [6.45, 7) is 4.78. The number of aryl methyl sites for hydroxylation is 3. The maximum atomic E-state index is 13.1. The Balaban J connectivity index is 0.000000251. The number of rotatable bonds is 11. The van der Waals surface area contributed by atoms with E-state index in [0.717, 1.165) is 43.9 Å². The number of hydrogen-bond donors (Lipinski definition) is 0. The fourth-order valence-corrected chi connectivity index (χ4v) is 9.28. The van der Waals surface area contributed by atoms with Crippen molar-refractivity contribution in [3.8, 4) is 11.4 Å². The fraction of sp³-hybridized carbons (Fsp3) is 0.293. The van der Waals surface area contributed by atoms with E-state index in [-0.39, 0.29) is 23.7 Å². The Morgan fingerprint density at radius 1 is 0.732 bits per heavy atom. The van der Waals surface area contributed by atoms with Gasteiger partial charge in [0.05, 0.1) is 18.1 Å². The van der Waals surface area contributed by atoms with Crippen molar-refractivity contribution in [1.29, 1.82) is 0 Å². The minimum atomic E-state index is -3.42. The van der Waals surface area contributed by atoms with Gasteiger partial charge in [-0.15, -0.1) is 0 Å². The number of piperazine rings is 1. The number of benzene rings is 5. The molecule has 0 bridgehead atoms. The average Bonchev–Trinajstić information content (AvgIpc) is 3.80. The molecule has 292 valence electrons. The molecule has 1 aromatic heterocycles. The molecule has 0 aliphatic carbocycles. The van der Waals surface area contributed by atoms with E-state index < -0.39 is 19.1 Å². The van der Waals surface area contributed by atoms with Gasteiger partial charge in [0.15, 0.2) is 0 Å². The average molecular weight is 816 g/mol. The van der Waals surface area contributed by atoms with Gasteiger partial charge >= 0.3 is 6.09 Å². The molecule has 3 heterocycles. The fourth-order valence-electron chi connectivity index (χ4n) is 7.13. The van der Waals surface area contributed by atoms with Crippen LogP contribution >= 0.6 is 10.7 Å². The number of cyclic esters (lactones) is 1. The number of halogens is 1. The second-order valence-corrected chi connectivity index (χ2v) is 18.8. The molecule has 6 aromatic rings. The van der Waals surface area contributed by atoms with Crippen molar-refractivity contribution in [3.63, 3.8) is 0 Å². The molecule has 0 N–H and O–H groups in total. The molecular formula is C41H42ClN5O7S2. The summed E-state index contributed by atoms with van der Waals surface area (Å²) in [5.74, 6) is 1.05. The third-order valence-corrected chi connectivity index (χ3v) is 13.1. The molecule has 0 saturated carbocycles. The number of hydrogen-bond acceptors (Lipinski definition) is 10. The molecule has 2 saturated heterocycles. The molecule has 56 heavy (non-hydrogen) atoms. The first-order valence-electron chi connectivity index (χ1n) is 18.4. The number of aromatic nitrogens is 2. The second kappa shape index (κ2) is 17.1. The summed E-state index contributed by atoms with van der Waals surface area (Å²) in [5, 5.41) is 8.35. The van der Waals surface area contributed by atoms with Crippen LogP contribution in [0.2, 0.25) is 0 Å². The van der Waals surface area contributed by atoms with Crippen LogP contribution in [0.1, 0.15) is 17.0 Å². The lowest BCUT2D eigenvalue weighted by molar-refractivity contribution is 0.0937. The molecule has 12 nitrogen and oxygen atoms in total. The van der Waals surface area contributed by atoms with E-state index in [9.17, 15) is 21.6 Å². The van der Waals surface area contributed by atoms with Crippen molar-refractivity contribution in [1.82, 2.24) is 19.3 Å². The summed E-state index contributed by atoms with van der Waals surface area (Å²) in [4.78, 5) is 20.6. The van der Waals surface area contributed by atoms with Gasteiger partial charge in [-0.1, -0.05) is 90.1 Å². The van der Waals surface area contributed by atoms with Crippen LogP contribution in [0.4, 0.5) is 10.5 Å². The summed E-state index contributed by atoms with van der Waals surface area (Å²) >= 11 is 0. The summed E-state index contributed by atoms with van der Waals surface area (Å²) in [6.07, 6.45) is 0.255. The highest BCUT2D eigenvalue weighted by Gasteiger charge is 2.35. The Hall–Kier alpha value is -4.86. The van der Waals surface area contributed by atoms with Crippen LogP contribution in [-0.4, -0.2) is 99.2 Å². The van der Waals surface area contributed by atoms with Crippen LogP contribution in [-0.2, 0) is 36.7 Å². The molecule has 1 unspecified atom stereocenters. The van der Waals surface area contributed by atoms with Crippen LogP contribution in [0.25, 0.3) is 32.9 Å². The smallest absolute Gasteiger partial charge is 0.414 e. The maximum absolute atomic E-state index is 13.1. The van der Waals surface area contributed by atoms with Gasteiger partial charge in [0.2, 0.25) is 30.8 Å². The summed E-state index contributed by atoms with van der Waals surface area (Å²) in [6, 6.07) is 35.2. The van der Waals surface area contributed by atoms with E-state index in [0.29, 0.717) is 63.8 Å². The Morgan fingerprint density at radius 3 is 1.88 bits per heavy atom. The number of fused-ring (bicyclic) bond motifs is 2. The summed E-state index contributed by atoms with van der Waals surface area (Å²) in [7, 11) is -1.59. The third-order valence-electron chi connectivity index (χ3n) is 10.0. The molecule has 0 radical (unpaired) electrons. The molecule has 8 rings (SSSR count). The highest BCUT2D eigenvalue weighted by molar-refractivity contribution is 8.13. The van der Waals surface area contributed by atoms with Gasteiger partial charge in [-0.2, -0.15) is 9.29 Å². The van der Waals surface area contributed by atoms with Gasteiger partial charge in [-0.05, 0) is 69.8 Å². The Morgan fingerprint density at radius 2 is 1.30 bits per heavy atom. The van der Waals surface area contributed by atoms with E-state index in [2.05, 4.69) is 15.0 Å². The molecule has 2 aliphatic heterocycles. The molecule has 2 fully saturated rings. The largest absolute Gasteiger partial charge is 0.443 e. The molecule has 1 amide bonds. The van der Waals surface area contributed by atoms with Crippen LogP contribution in [0, 0.1) is 6.92 Å². The Kier molecular flexibility index (Phi) is 12.0. The Bertz CT molecular complexity index is 2530. The normalized spacial score (nSPS) is 16.9. The predicted molar refractivity (Wildman–Crippen MR) is 219 cm³/mol. The number of anilines is 1. The van der Waals surface area contributed by atoms with Crippen molar-refractivity contribution in [3.05, 3.63) is 126 Å². The monoisotopic (exact) mass is 815 g/mol. The first kappa shape index (κ1) is 39.4. The van der Waals surface area contributed by atoms with Gasteiger partial charge < -0.3 is 9.26 Å². The summed E-state index contributed by atoms with van der Waals surface area (Å²) < 4.78 is 60.3. The second-order valence-electron chi connectivity index (χ2n) is 13.8. The first-order chi connectivity index (χ1) is 26.9. The zero-order valence-corrected chi connectivity index (χ0v) is 33.2. The van der Waals surface area contributed by atoms with Crippen LogP contribution < -0.4 is 4.90 Å². The van der Waals surface area contributed by atoms with E-state index in [1.165, 1.54) is 0 Å². The van der Waals surface area contributed by atoms with Gasteiger partial charge in [0.25, 0.3) is 0 Å². The quantitative estimate of drug-likeness (QED) is 0.130. The molecule has 5 aromatic carbocycles. The maximum Gasteiger partial charge on any atom is 0.414 e. The predicted octanol–water partition coefficient (Wildman–Crippen LogP) is 6.66. The minimum absolute atomic E-state index is 0.0252. The lowest BCUT2D eigenvalue weighted by atomic mass is 10.0. The standard InChI is InChI=1S/C29H31N5O5S.C12H11ClO2S/c1-21-30-28(31-39-21)24-9-11-25(12-10-24)34-20-26(38-29(34)35)19-32-14-16-33(17-15-32)40(36,37)18-13-23-7-4-6-22-5-2-3-8-27(22)23;13-16(14,15)9-8-11-6-3-5-10-4-1-2-7-12(10)11/h2-12,26H,13-20H2,1H3;1-7H,8-9H2. The highest BCUT2D eigenvalue weighted by atomic mass is 35.7. The summed E-state index contributed by atoms with van der Waals surface area (Å²) in [5.41, 5.74) is 3.60. The van der Waals surface area contributed by atoms with Gasteiger partial charge in [-0.25, -0.2) is 21.6 Å². The van der Waals surface area contributed by atoms with E-state index in [1.807, 2.05) is 109 Å². The Labute approximate surface area is 331 Å².